The molecule has 1 atom stereocenters. The van der Waals surface area contributed by atoms with Crippen LogP contribution in [-0.2, 0) is 0 Å². The van der Waals surface area contributed by atoms with E-state index in [0.29, 0.717) is 0 Å². The van der Waals surface area contributed by atoms with E-state index in [4.69, 9.17) is 10.1 Å². The Balaban J connectivity index is 2.53. The average Bonchev–Trinajstić information content (AvgIpc) is 2.39. The molecule has 0 spiro atoms. The normalized spacial score (nSPS) is 13.9. The van der Waals surface area contributed by atoms with Crippen molar-refractivity contribution in [2.24, 2.45) is 5.41 Å². The van der Waals surface area contributed by atoms with Gasteiger partial charge in [0.05, 0.1) is 6.61 Å². The number of nitrogens with one attached hydrogen (secondary N) is 1. The number of aryl methyl sites for hydroxylation is 3. The molecule has 0 heterocycles. The molecule has 20 heavy (non-hydrogen) atoms. The average molecular weight is 275 g/mol. The lowest BCUT2D eigenvalue weighted by molar-refractivity contribution is 0.277. The summed E-state index contributed by atoms with van der Waals surface area (Å²) in [7, 11) is 0. The van der Waals surface area contributed by atoms with Crippen LogP contribution in [0.25, 0.3) is 0 Å². The Morgan fingerprint density at radius 3 is 2.30 bits per heavy atom. The summed E-state index contributed by atoms with van der Waals surface area (Å²) in [4.78, 5) is 0. The largest absolute Gasteiger partial charge is 0.493 e. The molecule has 1 aromatic rings. The molecule has 0 aliphatic heterocycles. The van der Waals surface area contributed by atoms with Crippen molar-refractivity contribution in [3.8, 4) is 5.75 Å². The zero-order valence-corrected chi connectivity index (χ0v) is 13.9. The molecule has 1 rings (SSSR count). The third-order valence-corrected chi connectivity index (χ3v) is 4.61. The van der Waals surface area contributed by atoms with E-state index in [2.05, 4.69) is 46.8 Å². The predicted molar refractivity (Wildman–Crippen MR) is 87.2 cm³/mol. The molecule has 1 N–H and O–H groups in total. The molecule has 0 saturated heterocycles. The van der Waals surface area contributed by atoms with Crippen LogP contribution in [0.5, 0.6) is 5.75 Å². The molecule has 0 radical (unpaired) electrons. The number of hydrogen-bond acceptors (Lipinski definition) is 2. The lowest BCUT2D eigenvalue weighted by Gasteiger charge is -2.27. The van der Waals surface area contributed by atoms with Gasteiger partial charge in [-0.15, -0.1) is 0 Å². The van der Waals surface area contributed by atoms with Crippen LogP contribution in [-0.4, -0.2) is 12.3 Å². The number of benzene rings is 1. The maximum atomic E-state index is 7.89. The van der Waals surface area contributed by atoms with Gasteiger partial charge >= 0.3 is 0 Å². The summed E-state index contributed by atoms with van der Waals surface area (Å²) >= 11 is 0. The molecule has 112 valence electrons. The molecule has 2 nitrogen and oxygen atoms in total. The fraction of sp³-hybridized carbons (Fsp3) is 0.611. The van der Waals surface area contributed by atoms with Crippen molar-refractivity contribution in [2.75, 3.05) is 6.61 Å². The summed E-state index contributed by atoms with van der Waals surface area (Å²) in [6.45, 7) is 13.3. The van der Waals surface area contributed by atoms with Crippen LogP contribution in [0.4, 0.5) is 0 Å². The SMILES string of the molecule is CCC(C)(CCCOc1cc(C)c(C)cc1C)C(C)=N. The second-order valence-corrected chi connectivity index (χ2v) is 6.19. The first-order valence-corrected chi connectivity index (χ1v) is 7.56. The van der Waals surface area contributed by atoms with Crippen LogP contribution < -0.4 is 4.74 Å². The molecule has 0 fully saturated rings. The Morgan fingerprint density at radius 1 is 1.15 bits per heavy atom. The van der Waals surface area contributed by atoms with Crippen LogP contribution >= 0.6 is 0 Å². The van der Waals surface area contributed by atoms with E-state index in [1.807, 2.05) is 6.92 Å². The molecular formula is C18H29NO. The van der Waals surface area contributed by atoms with Gasteiger partial charge in [0.1, 0.15) is 5.75 Å². The molecular weight excluding hydrogens is 246 g/mol. The van der Waals surface area contributed by atoms with Crippen LogP contribution in [0.1, 0.15) is 56.7 Å². The zero-order valence-electron chi connectivity index (χ0n) is 13.9. The van der Waals surface area contributed by atoms with Gasteiger partial charge in [0.2, 0.25) is 0 Å². The molecule has 2 heteroatoms. The van der Waals surface area contributed by atoms with E-state index in [1.54, 1.807) is 0 Å². The Morgan fingerprint density at radius 2 is 1.75 bits per heavy atom. The second-order valence-electron chi connectivity index (χ2n) is 6.19. The van der Waals surface area contributed by atoms with Gasteiger partial charge in [-0.1, -0.05) is 19.9 Å². The third kappa shape index (κ3) is 4.09. The van der Waals surface area contributed by atoms with E-state index in [0.717, 1.165) is 37.3 Å². The summed E-state index contributed by atoms with van der Waals surface area (Å²) in [5.74, 6) is 0.998. The van der Waals surface area contributed by atoms with Gasteiger partial charge < -0.3 is 10.1 Å². The molecule has 1 unspecified atom stereocenters. The molecule has 1 aromatic carbocycles. The fourth-order valence-corrected chi connectivity index (χ4v) is 2.36. The van der Waals surface area contributed by atoms with E-state index in [-0.39, 0.29) is 5.41 Å². The van der Waals surface area contributed by atoms with Gasteiger partial charge in [0.25, 0.3) is 0 Å². The quantitative estimate of drug-likeness (QED) is 0.536. The van der Waals surface area contributed by atoms with Crippen molar-refractivity contribution < 1.29 is 4.74 Å². The van der Waals surface area contributed by atoms with Crippen LogP contribution in [0, 0.1) is 31.6 Å². The first kappa shape index (κ1) is 16.7. The molecule has 0 saturated carbocycles. The maximum Gasteiger partial charge on any atom is 0.122 e. The van der Waals surface area contributed by atoms with Gasteiger partial charge in [0.15, 0.2) is 0 Å². The fourth-order valence-electron chi connectivity index (χ4n) is 2.36. The van der Waals surface area contributed by atoms with E-state index in [9.17, 15) is 0 Å². The topological polar surface area (TPSA) is 33.1 Å². The first-order valence-electron chi connectivity index (χ1n) is 7.56. The van der Waals surface area contributed by atoms with E-state index < -0.39 is 0 Å². The number of rotatable bonds is 7. The van der Waals surface area contributed by atoms with Crippen LogP contribution in [0.2, 0.25) is 0 Å². The summed E-state index contributed by atoms with van der Waals surface area (Å²) in [5.41, 5.74) is 4.60. The highest BCUT2D eigenvalue weighted by Crippen LogP contribution is 2.29. The Hall–Kier alpha value is -1.31. The second kappa shape index (κ2) is 6.92. The molecule has 0 amide bonds. The van der Waals surface area contributed by atoms with Gasteiger partial charge in [-0.05, 0) is 69.7 Å². The highest BCUT2D eigenvalue weighted by molar-refractivity contribution is 5.84. The van der Waals surface area contributed by atoms with Crippen molar-refractivity contribution in [3.05, 3.63) is 28.8 Å². The Bertz CT molecular complexity index is 479. The van der Waals surface area contributed by atoms with Crippen molar-refractivity contribution in [1.29, 1.82) is 5.41 Å². The standard InChI is InChI=1S/C18H29NO/c1-7-18(6,16(5)19)9-8-10-20-17-12-14(3)13(2)11-15(17)4/h11-12,19H,7-10H2,1-6H3. The molecule has 0 aliphatic rings. The number of hydrogen-bond donors (Lipinski definition) is 1. The van der Waals surface area contributed by atoms with Gasteiger partial charge in [-0.2, -0.15) is 0 Å². The minimum atomic E-state index is 0.0294. The smallest absolute Gasteiger partial charge is 0.122 e. The van der Waals surface area contributed by atoms with Crippen molar-refractivity contribution in [3.63, 3.8) is 0 Å². The lowest BCUT2D eigenvalue weighted by Crippen LogP contribution is -2.24. The highest BCUT2D eigenvalue weighted by atomic mass is 16.5. The van der Waals surface area contributed by atoms with Gasteiger partial charge in [-0.25, -0.2) is 0 Å². The van der Waals surface area contributed by atoms with Crippen molar-refractivity contribution in [2.45, 2.75) is 60.8 Å². The van der Waals surface area contributed by atoms with E-state index >= 15 is 0 Å². The van der Waals surface area contributed by atoms with Crippen molar-refractivity contribution >= 4 is 5.71 Å². The zero-order chi connectivity index (χ0) is 15.3. The summed E-state index contributed by atoms with van der Waals surface area (Å²) in [6.07, 6.45) is 3.03. The Labute approximate surface area is 124 Å². The van der Waals surface area contributed by atoms with Gasteiger partial charge in [-0.3, -0.25) is 0 Å². The molecule has 0 aliphatic carbocycles. The summed E-state index contributed by atoms with van der Waals surface area (Å²) in [6, 6.07) is 4.31. The van der Waals surface area contributed by atoms with Crippen LogP contribution in [0.3, 0.4) is 0 Å². The van der Waals surface area contributed by atoms with Crippen molar-refractivity contribution in [1.82, 2.24) is 0 Å². The van der Waals surface area contributed by atoms with E-state index in [1.165, 1.54) is 16.7 Å². The summed E-state index contributed by atoms with van der Waals surface area (Å²) in [5, 5.41) is 7.89. The predicted octanol–water partition coefficient (Wildman–Crippen LogP) is 5.23. The molecule has 0 aromatic heterocycles. The summed E-state index contributed by atoms with van der Waals surface area (Å²) < 4.78 is 5.92. The number of ether oxygens (including phenoxy) is 1. The van der Waals surface area contributed by atoms with Gasteiger partial charge in [0, 0.05) is 11.1 Å². The highest BCUT2D eigenvalue weighted by Gasteiger charge is 2.23. The first-order chi connectivity index (χ1) is 9.30. The minimum Gasteiger partial charge on any atom is -0.493 e. The molecule has 0 bridgehead atoms. The van der Waals surface area contributed by atoms with Crippen LogP contribution in [0.15, 0.2) is 12.1 Å². The Kier molecular flexibility index (Phi) is 5.79. The third-order valence-electron chi connectivity index (χ3n) is 4.61. The monoisotopic (exact) mass is 275 g/mol. The maximum absolute atomic E-state index is 7.89. The lowest BCUT2D eigenvalue weighted by atomic mass is 9.79. The minimum absolute atomic E-state index is 0.0294.